The van der Waals surface area contributed by atoms with E-state index >= 15 is 0 Å². The second-order valence-corrected chi connectivity index (χ2v) is 19.1. The van der Waals surface area contributed by atoms with E-state index in [9.17, 15) is 0 Å². The Labute approximate surface area is 408 Å². The highest BCUT2D eigenvalue weighted by Gasteiger charge is 2.53. The number of para-hydroxylation sites is 1. The predicted octanol–water partition coefficient (Wildman–Crippen LogP) is 17.3. The lowest BCUT2D eigenvalue weighted by atomic mass is 9.65. The Hall–Kier alpha value is -8.98. The van der Waals surface area contributed by atoms with Crippen LogP contribution < -0.4 is 9.64 Å². The zero-order chi connectivity index (χ0) is 46.0. The van der Waals surface area contributed by atoms with Crippen molar-refractivity contribution in [1.82, 2.24) is 0 Å². The maximum Gasteiger partial charge on any atom is 0.132 e. The largest absolute Gasteiger partial charge is 0.457 e. The Bertz CT molecular complexity index is 3780. The Kier molecular flexibility index (Phi) is 8.24. The summed E-state index contributed by atoms with van der Waals surface area (Å²) in [5, 5.41) is 0. The molecule has 0 atom stereocenters. The molecule has 11 aromatic carbocycles. The Morgan fingerprint density at radius 3 is 0.986 bits per heavy atom. The number of fused-ring (bicyclic) bond motifs is 19. The van der Waals surface area contributed by atoms with E-state index < -0.39 is 10.8 Å². The lowest BCUT2D eigenvalue weighted by Crippen LogP contribution is -2.32. The summed E-state index contributed by atoms with van der Waals surface area (Å²) in [4.78, 5) is 2.47. The van der Waals surface area contributed by atoms with Crippen LogP contribution in [-0.4, -0.2) is 0 Å². The molecular formula is C68H43NO. The summed E-state index contributed by atoms with van der Waals surface area (Å²) >= 11 is 0. The molecule has 70 heavy (non-hydrogen) atoms. The van der Waals surface area contributed by atoms with Crippen LogP contribution in [0.3, 0.4) is 0 Å². The zero-order valence-corrected chi connectivity index (χ0v) is 38.2. The molecule has 0 amide bonds. The molecular weight excluding hydrogens is 847 g/mol. The summed E-state index contributed by atoms with van der Waals surface area (Å²) in [5.74, 6) is 1.74. The number of anilines is 3. The number of hydrogen-bond acceptors (Lipinski definition) is 2. The minimum atomic E-state index is -0.719. The molecule has 3 aliphatic carbocycles. The van der Waals surface area contributed by atoms with E-state index in [1.54, 1.807) is 0 Å². The zero-order valence-electron chi connectivity index (χ0n) is 38.2. The second-order valence-electron chi connectivity index (χ2n) is 19.1. The molecule has 11 aromatic rings. The van der Waals surface area contributed by atoms with E-state index in [4.69, 9.17) is 4.74 Å². The van der Waals surface area contributed by atoms with Crippen LogP contribution in [0.5, 0.6) is 11.5 Å². The molecule has 2 nitrogen and oxygen atoms in total. The summed E-state index contributed by atoms with van der Waals surface area (Å²) in [6.07, 6.45) is 0. The standard InChI is InChI=1S/C68H43NO/c1-4-18-44(19-5-1)46-32-38-65-63(40-46)68(64-41-47(33-39-66(64)70-65)45-20-6-2-7-21-45)60-31-17-13-27-54(60)56-37-35-50(43-62(56)68)69(48-22-8-3-9-23-48)49-34-36-55-53-26-12-16-30-59(53)67(61(55)42-49)57-28-14-10-24-51(57)52-25-11-15-29-58(52)67/h1-43H. The molecule has 1 aliphatic heterocycles. The third kappa shape index (κ3) is 5.22. The Balaban J connectivity index is 1.00. The van der Waals surface area contributed by atoms with Crippen LogP contribution in [0.1, 0.15) is 44.5 Å². The van der Waals surface area contributed by atoms with Gasteiger partial charge in [-0.2, -0.15) is 0 Å². The van der Waals surface area contributed by atoms with Crippen molar-refractivity contribution in [3.63, 3.8) is 0 Å². The Morgan fingerprint density at radius 1 is 0.229 bits per heavy atom. The van der Waals surface area contributed by atoms with Crippen molar-refractivity contribution in [3.8, 4) is 67.1 Å². The maximum atomic E-state index is 7.05. The highest BCUT2D eigenvalue weighted by atomic mass is 16.5. The molecule has 0 saturated heterocycles. The first-order valence-corrected chi connectivity index (χ1v) is 24.3. The minimum Gasteiger partial charge on any atom is -0.457 e. The molecule has 0 saturated carbocycles. The fourth-order valence-corrected chi connectivity index (χ4v) is 12.9. The van der Waals surface area contributed by atoms with E-state index in [-0.39, 0.29) is 0 Å². The number of benzene rings is 11. The summed E-state index contributed by atoms with van der Waals surface area (Å²) in [5.41, 5.74) is 24.5. The summed E-state index contributed by atoms with van der Waals surface area (Å²) < 4.78 is 7.05. The van der Waals surface area contributed by atoms with Gasteiger partial charge in [0.25, 0.3) is 0 Å². The van der Waals surface area contributed by atoms with Gasteiger partial charge in [-0.1, -0.05) is 200 Å². The van der Waals surface area contributed by atoms with E-state index in [1.807, 2.05) is 0 Å². The molecule has 15 rings (SSSR count). The van der Waals surface area contributed by atoms with Gasteiger partial charge in [-0.25, -0.2) is 0 Å². The molecule has 0 bridgehead atoms. The summed E-state index contributed by atoms with van der Waals surface area (Å²) in [6, 6.07) is 96.6. The van der Waals surface area contributed by atoms with Gasteiger partial charge in [0.1, 0.15) is 11.5 Å². The molecule has 0 fully saturated rings. The molecule has 0 unspecified atom stereocenters. The fourth-order valence-electron chi connectivity index (χ4n) is 12.9. The van der Waals surface area contributed by atoms with Crippen LogP contribution in [0.2, 0.25) is 0 Å². The third-order valence-corrected chi connectivity index (χ3v) is 15.7. The number of rotatable bonds is 5. The molecule has 0 aromatic heterocycles. The highest BCUT2D eigenvalue weighted by Crippen LogP contribution is 2.65. The van der Waals surface area contributed by atoms with Gasteiger partial charge in [-0.15, -0.1) is 0 Å². The first kappa shape index (κ1) is 39.1. The first-order valence-electron chi connectivity index (χ1n) is 24.3. The summed E-state index contributed by atoms with van der Waals surface area (Å²) in [6.45, 7) is 0. The van der Waals surface area contributed by atoms with Crippen LogP contribution in [-0.2, 0) is 10.8 Å². The van der Waals surface area contributed by atoms with Gasteiger partial charge in [0, 0.05) is 28.2 Å². The topological polar surface area (TPSA) is 12.5 Å². The van der Waals surface area contributed by atoms with Gasteiger partial charge >= 0.3 is 0 Å². The van der Waals surface area contributed by atoms with Crippen LogP contribution in [0.4, 0.5) is 17.1 Å². The predicted molar refractivity (Wildman–Crippen MR) is 286 cm³/mol. The molecule has 4 aliphatic rings. The summed E-state index contributed by atoms with van der Waals surface area (Å²) in [7, 11) is 0. The smallest absolute Gasteiger partial charge is 0.132 e. The van der Waals surface area contributed by atoms with Crippen molar-refractivity contribution in [2.24, 2.45) is 0 Å². The fraction of sp³-hybridized carbons (Fsp3) is 0.0294. The monoisotopic (exact) mass is 889 g/mol. The van der Waals surface area contributed by atoms with Crippen molar-refractivity contribution in [1.29, 1.82) is 0 Å². The minimum absolute atomic E-state index is 0.469. The van der Waals surface area contributed by atoms with Crippen molar-refractivity contribution >= 4 is 17.1 Å². The number of ether oxygens (including phenoxy) is 1. The molecule has 0 radical (unpaired) electrons. The molecule has 1 heterocycles. The first-order chi connectivity index (χ1) is 34.7. The van der Waals surface area contributed by atoms with Crippen LogP contribution >= 0.6 is 0 Å². The SMILES string of the molecule is c1ccc(-c2ccc3c(c2)C2(c4cc(-c5ccccc5)ccc4O3)c3ccccc3-c3ccc(N(c4ccccc4)c4ccc5c(c4)C4(c6ccccc6-c6ccccc64)c4ccccc4-5)cc32)cc1. The van der Waals surface area contributed by atoms with E-state index in [1.165, 1.54) is 77.9 Å². The van der Waals surface area contributed by atoms with Gasteiger partial charge in [-0.3, -0.25) is 0 Å². The Morgan fingerprint density at radius 2 is 0.571 bits per heavy atom. The number of hydrogen-bond donors (Lipinski definition) is 0. The van der Waals surface area contributed by atoms with Crippen molar-refractivity contribution in [2.45, 2.75) is 10.8 Å². The van der Waals surface area contributed by atoms with E-state index in [0.29, 0.717) is 0 Å². The van der Waals surface area contributed by atoms with E-state index in [0.717, 1.165) is 50.8 Å². The van der Waals surface area contributed by atoms with E-state index in [2.05, 4.69) is 266 Å². The second kappa shape index (κ2) is 14.8. The van der Waals surface area contributed by atoms with Crippen LogP contribution in [0.15, 0.2) is 261 Å². The van der Waals surface area contributed by atoms with Gasteiger partial charge in [-0.05, 0) is 150 Å². The lowest BCUT2D eigenvalue weighted by molar-refractivity contribution is 0.436. The molecule has 2 spiro atoms. The van der Waals surface area contributed by atoms with Crippen molar-refractivity contribution in [3.05, 3.63) is 305 Å². The van der Waals surface area contributed by atoms with Gasteiger partial charge in [0.15, 0.2) is 0 Å². The lowest BCUT2D eigenvalue weighted by Gasteiger charge is -2.40. The van der Waals surface area contributed by atoms with Gasteiger partial charge < -0.3 is 9.64 Å². The van der Waals surface area contributed by atoms with Crippen molar-refractivity contribution < 1.29 is 4.74 Å². The average molecular weight is 890 g/mol. The normalized spacial score (nSPS) is 14.1. The average Bonchev–Trinajstić information content (AvgIpc) is 4.01. The van der Waals surface area contributed by atoms with Crippen molar-refractivity contribution in [2.75, 3.05) is 4.90 Å². The maximum absolute atomic E-state index is 7.05. The number of nitrogens with zero attached hydrogens (tertiary/aromatic N) is 1. The third-order valence-electron chi connectivity index (χ3n) is 15.7. The molecule has 0 N–H and O–H groups in total. The van der Waals surface area contributed by atoms with Crippen LogP contribution in [0, 0.1) is 0 Å². The van der Waals surface area contributed by atoms with Crippen LogP contribution in [0.25, 0.3) is 55.6 Å². The quantitative estimate of drug-likeness (QED) is 0.171. The molecule has 2 heteroatoms. The van der Waals surface area contributed by atoms with Gasteiger partial charge in [0.05, 0.1) is 10.8 Å². The highest BCUT2D eigenvalue weighted by molar-refractivity contribution is 5.97. The van der Waals surface area contributed by atoms with Gasteiger partial charge in [0.2, 0.25) is 0 Å². The molecule has 326 valence electrons.